The summed E-state index contributed by atoms with van der Waals surface area (Å²) in [5, 5.41) is 0. The molecular weight excluding hydrogens is 936 g/mol. The van der Waals surface area contributed by atoms with Gasteiger partial charge in [-0.15, -0.1) is 0 Å². The van der Waals surface area contributed by atoms with Crippen LogP contribution in [0.4, 0.5) is 0 Å². The van der Waals surface area contributed by atoms with Gasteiger partial charge in [0, 0.05) is 55.4 Å². The molecule has 20 nitrogen and oxygen atoms in total. The Hall–Kier alpha value is -5.02. The zero-order valence-electron chi connectivity index (χ0n) is 33.5. The summed E-state index contributed by atoms with van der Waals surface area (Å²) >= 11 is 6.54. The lowest BCUT2D eigenvalue weighted by Gasteiger charge is -2.43. The van der Waals surface area contributed by atoms with Crippen LogP contribution >= 0.6 is 31.9 Å². The van der Waals surface area contributed by atoms with Crippen LogP contribution in [0.3, 0.4) is 0 Å². The Balaban J connectivity index is 2.23. The molecule has 0 bridgehead atoms. The Bertz CT molecular complexity index is 1840. The number of hydrogen-bond donors (Lipinski definition) is 0. The maximum absolute atomic E-state index is 12.0. The molecular formula is C38H42Br2O20. The predicted octanol–water partition coefficient (Wildman–Crippen LogP) is 1.20. The minimum absolute atomic E-state index is 0.246. The summed E-state index contributed by atoms with van der Waals surface area (Å²) < 4.78 is 65.7. The van der Waals surface area contributed by atoms with E-state index in [1.54, 1.807) is 0 Å². The lowest BCUT2D eigenvalue weighted by Crippen LogP contribution is -2.63. The predicted molar refractivity (Wildman–Crippen MR) is 204 cm³/mol. The fraction of sp³-hybridized carbons (Fsp3) is 0.579. The van der Waals surface area contributed by atoms with E-state index in [1.165, 1.54) is 0 Å². The molecule has 60 heavy (non-hydrogen) atoms. The standard InChI is InChI=1S/C38H42Br2O20/c1-19(41)51-17-29-31(53-21(3)43)33(55-23(5)45)35(57-25(7)47)37(59-29)49-15-11-9-10-13-27(39)28(40)14-12-16-50-38-36(58-26(8)48)34(56-24(6)46)32(54-22(4)44)30(60-38)18-52-20(2)42/h29-38H,15-18H2,1-8H3/b28-27+/t29-,30-,31-,32-,33+,34+,35-,36-,37-,38-/m1/s1. The average molecular weight is 979 g/mol. The molecule has 328 valence electrons. The zero-order valence-corrected chi connectivity index (χ0v) is 36.7. The second-order valence-electron chi connectivity index (χ2n) is 12.2. The van der Waals surface area contributed by atoms with E-state index in [0.717, 1.165) is 55.4 Å². The Morgan fingerprint density at radius 3 is 1.13 bits per heavy atom. The van der Waals surface area contributed by atoms with Crippen molar-refractivity contribution < 1.29 is 95.2 Å². The van der Waals surface area contributed by atoms with Gasteiger partial charge < -0.3 is 56.8 Å². The maximum atomic E-state index is 12.0. The van der Waals surface area contributed by atoms with Crippen LogP contribution in [0.15, 0.2) is 8.96 Å². The fourth-order valence-electron chi connectivity index (χ4n) is 5.28. The van der Waals surface area contributed by atoms with Gasteiger partial charge in [0.15, 0.2) is 49.2 Å². The van der Waals surface area contributed by atoms with E-state index in [1.807, 2.05) is 0 Å². The third-order valence-corrected chi connectivity index (χ3v) is 8.97. The molecule has 2 aliphatic heterocycles. The van der Waals surface area contributed by atoms with E-state index >= 15 is 0 Å². The third-order valence-electron chi connectivity index (χ3n) is 7.25. The van der Waals surface area contributed by atoms with Gasteiger partial charge >= 0.3 is 47.8 Å². The molecule has 22 heteroatoms. The highest BCUT2D eigenvalue weighted by Crippen LogP contribution is 2.31. The van der Waals surface area contributed by atoms with Crippen molar-refractivity contribution in [2.75, 3.05) is 26.4 Å². The third kappa shape index (κ3) is 18.1. The Labute approximate surface area is 361 Å². The van der Waals surface area contributed by atoms with E-state index in [9.17, 15) is 38.4 Å². The highest BCUT2D eigenvalue weighted by molar-refractivity contribution is 9.14. The summed E-state index contributed by atoms with van der Waals surface area (Å²) in [6.07, 6.45) is -13.7. The Kier molecular flexibility index (Phi) is 21.8. The fourth-order valence-corrected chi connectivity index (χ4v) is 5.72. The number of esters is 8. The minimum Gasteiger partial charge on any atom is -0.463 e. The van der Waals surface area contributed by atoms with Crippen molar-refractivity contribution in [2.24, 2.45) is 0 Å². The van der Waals surface area contributed by atoms with Crippen LogP contribution < -0.4 is 0 Å². The van der Waals surface area contributed by atoms with Crippen LogP contribution in [-0.4, -0.2) is 136 Å². The lowest BCUT2D eigenvalue weighted by atomic mass is 9.98. The number of carbonyl (C=O) groups is 8. The van der Waals surface area contributed by atoms with E-state index in [-0.39, 0.29) is 22.2 Å². The zero-order chi connectivity index (χ0) is 45.1. The van der Waals surface area contributed by atoms with Crippen molar-refractivity contribution in [1.82, 2.24) is 0 Å². The summed E-state index contributed by atoms with van der Waals surface area (Å²) in [4.78, 5) is 94.9. The first-order chi connectivity index (χ1) is 28.2. The van der Waals surface area contributed by atoms with Crippen LogP contribution in [0.2, 0.25) is 0 Å². The molecule has 0 aromatic carbocycles. The average Bonchev–Trinajstić information content (AvgIpc) is 3.12. The van der Waals surface area contributed by atoms with Crippen molar-refractivity contribution in [1.29, 1.82) is 0 Å². The van der Waals surface area contributed by atoms with Gasteiger partial charge in [-0.2, -0.15) is 0 Å². The van der Waals surface area contributed by atoms with Gasteiger partial charge in [0.05, 0.1) is 8.96 Å². The summed E-state index contributed by atoms with van der Waals surface area (Å²) in [5.74, 6) is 9.71. The molecule has 2 heterocycles. The molecule has 2 saturated heterocycles. The number of halogens is 2. The highest BCUT2D eigenvalue weighted by Gasteiger charge is 2.54. The van der Waals surface area contributed by atoms with Crippen molar-refractivity contribution in [3.05, 3.63) is 8.96 Å². The topological polar surface area (TPSA) is 247 Å². The number of ether oxygens (including phenoxy) is 12. The van der Waals surface area contributed by atoms with Crippen LogP contribution in [0.5, 0.6) is 0 Å². The molecule has 0 aromatic heterocycles. The van der Waals surface area contributed by atoms with Crippen LogP contribution in [0.1, 0.15) is 55.4 Å². The first-order valence-electron chi connectivity index (χ1n) is 17.6. The van der Waals surface area contributed by atoms with E-state index in [2.05, 4.69) is 67.4 Å². The van der Waals surface area contributed by atoms with Crippen LogP contribution in [0, 0.1) is 35.5 Å². The van der Waals surface area contributed by atoms with Gasteiger partial charge in [-0.1, -0.05) is 17.8 Å². The normalized spacial score (nSPS) is 25.8. The van der Waals surface area contributed by atoms with Crippen LogP contribution in [0.25, 0.3) is 0 Å². The Morgan fingerprint density at radius 1 is 0.433 bits per heavy atom. The number of allylic oxidation sites excluding steroid dienone is 2. The molecule has 0 amide bonds. The van der Waals surface area contributed by atoms with Crippen molar-refractivity contribution in [3.8, 4) is 35.5 Å². The maximum Gasteiger partial charge on any atom is 0.303 e. The molecule has 0 N–H and O–H groups in total. The molecule has 0 unspecified atom stereocenters. The lowest BCUT2D eigenvalue weighted by molar-refractivity contribution is -0.305. The summed E-state index contributed by atoms with van der Waals surface area (Å²) in [6.45, 7) is 7.25. The smallest absolute Gasteiger partial charge is 0.303 e. The number of rotatable bonds is 14. The van der Waals surface area contributed by atoms with Gasteiger partial charge in [0.25, 0.3) is 0 Å². The molecule has 2 fully saturated rings. The molecule has 0 aromatic rings. The van der Waals surface area contributed by atoms with E-state index in [4.69, 9.17) is 56.8 Å². The van der Waals surface area contributed by atoms with E-state index in [0.29, 0.717) is 0 Å². The molecule has 10 atom stereocenters. The van der Waals surface area contributed by atoms with E-state index < -0.39 is 122 Å². The summed E-state index contributed by atoms with van der Waals surface area (Å²) in [7, 11) is 0. The monoisotopic (exact) mass is 976 g/mol. The Morgan fingerprint density at radius 2 is 0.767 bits per heavy atom. The van der Waals surface area contributed by atoms with Crippen molar-refractivity contribution in [2.45, 2.75) is 117 Å². The SMILES string of the molecule is CC(=O)OC[C@H]1O[C@@H](OCC#CC#C/C(Br)=C(\Br)C#CCO[C@@H]2O[C@H](COC(C)=O)[C@@H](OC(C)=O)[C@H](OC(C)=O)[C@H]2OC(C)=O)[C@H](OC(C)=O)[C@@H](OC(C)=O)[C@@H]1OC(C)=O. The molecule has 0 aliphatic carbocycles. The van der Waals surface area contributed by atoms with Gasteiger partial charge in [0.2, 0.25) is 0 Å². The molecule has 2 rings (SSSR count). The quantitative estimate of drug-likeness (QED) is 0.135. The molecule has 0 radical (unpaired) electrons. The van der Waals surface area contributed by atoms with Crippen molar-refractivity contribution in [3.63, 3.8) is 0 Å². The first kappa shape index (κ1) is 51.1. The van der Waals surface area contributed by atoms with Crippen LogP contribution in [-0.2, 0) is 95.2 Å². The number of carbonyl (C=O) groups excluding carboxylic acids is 8. The minimum atomic E-state index is -1.44. The molecule has 2 aliphatic rings. The van der Waals surface area contributed by atoms with Gasteiger partial charge in [-0.25, -0.2) is 0 Å². The molecule has 0 saturated carbocycles. The largest absolute Gasteiger partial charge is 0.463 e. The number of hydrogen-bond acceptors (Lipinski definition) is 20. The molecule has 0 spiro atoms. The van der Waals surface area contributed by atoms with Crippen molar-refractivity contribution >= 4 is 79.6 Å². The summed E-state index contributed by atoms with van der Waals surface area (Å²) in [5.41, 5.74) is 0. The first-order valence-corrected chi connectivity index (χ1v) is 19.2. The summed E-state index contributed by atoms with van der Waals surface area (Å²) in [6, 6.07) is 0. The van der Waals surface area contributed by atoms with Gasteiger partial charge in [-0.3, -0.25) is 38.4 Å². The second kappa shape index (κ2) is 25.6. The van der Waals surface area contributed by atoms with Gasteiger partial charge in [0.1, 0.15) is 38.6 Å². The van der Waals surface area contributed by atoms with Gasteiger partial charge in [-0.05, 0) is 49.6 Å². The highest BCUT2D eigenvalue weighted by atomic mass is 79.9. The second-order valence-corrected chi connectivity index (χ2v) is 13.8.